The molecule has 4 aliphatic rings. The molecule has 1 aromatic heterocycles. The van der Waals surface area contributed by atoms with Gasteiger partial charge in [0.1, 0.15) is 6.04 Å². The predicted octanol–water partition coefficient (Wildman–Crippen LogP) is 2.23. The summed E-state index contributed by atoms with van der Waals surface area (Å²) in [6.45, 7) is 2.79. The first-order valence-electron chi connectivity index (χ1n) is 12.2. The van der Waals surface area contributed by atoms with Crippen LogP contribution in [-0.2, 0) is 16.1 Å². The smallest absolute Gasteiger partial charge is 0.258 e. The molecule has 7 nitrogen and oxygen atoms in total. The van der Waals surface area contributed by atoms with Crippen LogP contribution in [0.4, 0.5) is 0 Å². The number of hydrogen-bond donors (Lipinski definition) is 2. The molecule has 0 bridgehead atoms. The zero-order chi connectivity index (χ0) is 22.4. The van der Waals surface area contributed by atoms with Gasteiger partial charge in [-0.1, -0.05) is 13.0 Å². The van der Waals surface area contributed by atoms with Gasteiger partial charge in [-0.2, -0.15) is 0 Å². The highest BCUT2D eigenvalue weighted by Crippen LogP contribution is 2.50. The number of carbonyl (C=O) groups excluding carboxylic acids is 2. The maximum absolute atomic E-state index is 13.4. The van der Waals surface area contributed by atoms with Crippen LogP contribution < -0.4 is 10.9 Å². The number of aliphatic hydroxyl groups excluding tert-OH is 1. The first kappa shape index (κ1) is 21.4. The predicted molar refractivity (Wildman–Crippen MR) is 121 cm³/mol. The van der Waals surface area contributed by atoms with E-state index in [-0.39, 0.29) is 41.9 Å². The van der Waals surface area contributed by atoms with E-state index in [1.54, 1.807) is 9.47 Å². The van der Waals surface area contributed by atoms with Gasteiger partial charge in [0, 0.05) is 49.2 Å². The van der Waals surface area contributed by atoms with E-state index >= 15 is 0 Å². The second kappa shape index (κ2) is 8.50. The standard InChI is InChI=1S/C25H33N3O4/c1-2-11-26-24(31)23-19(14-29)18-13-27-20(22(18)28(23)21(30)12-15-7-8-15)10-9-17(25(27)32)16-5-3-4-6-16/h5,9-10,15,18-19,22-23,29H,2-4,6-8,11-14H2,1H3,(H,26,31)/t18-,19-,22+,23-/m0/s1. The molecule has 2 fully saturated rings. The average Bonchev–Trinajstić information content (AvgIpc) is 3.18. The highest BCUT2D eigenvalue weighted by Gasteiger charge is 2.57. The SMILES string of the molecule is CCCNC(=O)[C@@H]1[C@@H](CO)[C@@H]2Cn3c(ccc(C4=CCCC4)c3=O)[C@@H]2N1C(=O)CC1CC1. The average molecular weight is 440 g/mol. The summed E-state index contributed by atoms with van der Waals surface area (Å²) in [6.07, 6.45) is 8.51. The van der Waals surface area contributed by atoms with E-state index in [0.717, 1.165) is 55.4 Å². The lowest BCUT2D eigenvalue weighted by molar-refractivity contribution is -0.142. The van der Waals surface area contributed by atoms with E-state index in [9.17, 15) is 19.5 Å². The van der Waals surface area contributed by atoms with Crippen molar-refractivity contribution >= 4 is 17.4 Å². The van der Waals surface area contributed by atoms with Crippen LogP contribution in [-0.4, -0.2) is 45.6 Å². The van der Waals surface area contributed by atoms with Crippen LogP contribution in [0.5, 0.6) is 0 Å². The van der Waals surface area contributed by atoms with Crippen molar-refractivity contribution < 1.29 is 14.7 Å². The second-order valence-corrected chi connectivity index (χ2v) is 9.85. The van der Waals surface area contributed by atoms with E-state index in [1.807, 2.05) is 19.1 Å². The Balaban J connectivity index is 1.54. The van der Waals surface area contributed by atoms with Crippen LogP contribution in [0.15, 0.2) is 23.0 Å². The molecule has 2 aliphatic carbocycles. The quantitative estimate of drug-likeness (QED) is 0.682. The molecule has 32 heavy (non-hydrogen) atoms. The lowest BCUT2D eigenvalue weighted by Crippen LogP contribution is -2.50. The van der Waals surface area contributed by atoms with E-state index < -0.39 is 6.04 Å². The van der Waals surface area contributed by atoms with Gasteiger partial charge in [0.2, 0.25) is 11.8 Å². The summed E-state index contributed by atoms with van der Waals surface area (Å²) in [6, 6.07) is 2.85. The number of aromatic nitrogens is 1. The van der Waals surface area contributed by atoms with Crippen molar-refractivity contribution in [1.29, 1.82) is 0 Å². The molecule has 2 amide bonds. The third-order valence-corrected chi connectivity index (χ3v) is 7.73. The topological polar surface area (TPSA) is 91.6 Å². The highest BCUT2D eigenvalue weighted by molar-refractivity contribution is 5.89. The van der Waals surface area contributed by atoms with Gasteiger partial charge in [-0.3, -0.25) is 14.4 Å². The third-order valence-electron chi connectivity index (χ3n) is 7.73. The number of likely N-dealkylation sites (tertiary alicyclic amines) is 1. The molecule has 172 valence electrons. The van der Waals surface area contributed by atoms with Crippen LogP contribution in [0.25, 0.3) is 5.57 Å². The summed E-state index contributed by atoms with van der Waals surface area (Å²) in [5.41, 5.74) is 2.65. The molecule has 4 atom stereocenters. The van der Waals surface area contributed by atoms with Gasteiger partial charge in [0.25, 0.3) is 5.56 Å². The van der Waals surface area contributed by atoms with Gasteiger partial charge in [0.15, 0.2) is 0 Å². The molecule has 0 aromatic carbocycles. The van der Waals surface area contributed by atoms with E-state index in [1.165, 1.54) is 0 Å². The summed E-state index contributed by atoms with van der Waals surface area (Å²) in [7, 11) is 0. The Hall–Kier alpha value is -2.41. The minimum absolute atomic E-state index is 0.0108. The van der Waals surface area contributed by atoms with Gasteiger partial charge in [-0.25, -0.2) is 0 Å². The zero-order valence-electron chi connectivity index (χ0n) is 18.8. The molecule has 2 aliphatic heterocycles. The van der Waals surface area contributed by atoms with Crippen molar-refractivity contribution in [2.75, 3.05) is 13.2 Å². The number of aliphatic hydroxyl groups is 1. The minimum Gasteiger partial charge on any atom is -0.396 e. The van der Waals surface area contributed by atoms with E-state index in [0.29, 0.717) is 25.4 Å². The number of fused-ring (bicyclic) bond motifs is 3. The second-order valence-electron chi connectivity index (χ2n) is 9.85. The van der Waals surface area contributed by atoms with Crippen LogP contribution in [0.1, 0.15) is 69.2 Å². The van der Waals surface area contributed by atoms with Crippen molar-refractivity contribution in [2.45, 2.75) is 70.5 Å². The van der Waals surface area contributed by atoms with Gasteiger partial charge in [-0.05, 0) is 62.1 Å². The van der Waals surface area contributed by atoms with Crippen LogP contribution in [0.3, 0.4) is 0 Å². The molecule has 2 N–H and O–H groups in total. The van der Waals surface area contributed by atoms with Crippen molar-refractivity contribution in [1.82, 2.24) is 14.8 Å². The summed E-state index contributed by atoms with van der Waals surface area (Å²) in [4.78, 5) is 41.7. The Bertz CT molecular complexity index is 1010. The molecule has 1 saturated heterocycles. The normalized spacial score (nSPS) is 28.4. The molecular formula is C25H33N3O4. The Morgan fingerprint density at radius 3 is 2.72 bits per heavy atom. The van der Waals surface area contributed by atoms with Gasteiger partial charge < -0.3 is 19.9 Å². The van der Waals surface area contributed by atoms with Gasteiger partial charge in [0.05, 0.1) is 6.04 Å². The van der Waals surface area contributed by atoms with Gasteiger partial charge >= 0.3 is 0 Å². The maximum atomic E-state index is 13.4. The first-order chi connectivity index (χ1) is 15.5. The number of carbonyl (C=O) groups is 2. The van der Waals surface area contributed by atoms with Crippen LogP contribution in [0.2, 0.25) is 0 Å². The number of rotatable bonds is 7. The number of allylic oxidation sites excluding steroid dienone is 2. The molecule has 1 saturated carbocycles. The summed E-state index contributed by atoms with van der Waals surface area (Å²) >= 11 is 0. The Labute approximate surface area is 188 Å². The van der Waals surface area contributed by atoms with Crippen molar-refractivity contribution in [3.05, 3.63) is 39.8 Å². The number of hydrogen-bond acceptors (Lipinski definition) is 4. The molecule has 0 unspecified atom stereocenters. The summed E-state index contributed by atoms with van der Waals surface area (Å²) in [5, 5.41) is 13.3. The fourth-order valence-corrected chi connectivity index (χ4v) is 5.95. The first-order valence-corrected chi connectivity index (χ1v) is 12.2. The summed E-state index contributed by atoms with van der Waals surface area (Å²) < 4.78 is 1.80. The number of nitrogens with zero attached hydrogens (tertiary/aromatic N) is 2. The molecule has 1 aromatic rings. The fourth-order valence-electron chi connectivity index (χ4n) is 5.95. The maximum Gasteiger partial charge on any atom is 0.258 e. The lowest BCUT2D eigenvalue weighted by atomic mass is 9.88. The van der Waals surface area contributed by atoms with E-state index in [4.69, 9.17) is 0 Å². The highest BCUT2D eigenvalue weighted by atomic mass is 16.3. The zero-order valence-corrected chi connectivity index (χ0v) is 18.8. The van der Waals surface area contributed by atoms with Gasteiger partial charge in [-0.15, -0.1) is 0 Å². The molecule has 5 rings (SSSR count). The molecule has 3 heterocycles. The molecule has 7 heteroatoms. The number of nitrogens with one attached hydrogen (secondary N) is 1. The fraction of sp³-hybridized carbons (Fsp3) is 0.640. The van der Waals surface area contributed by atoms with Crippen LogP contribution >= 0.6 is 0 Å². The Morgan fingerprint density at radius 2 is 2.06 bits per heavy atom. The molecule has 0 radical (unpaired) electrons. The minimum atomic E-state index is -0.686. The Morgan fingerprint density at radius 1 is 1.25 bits per heavy atom. The van der Waals surface area contributed by atoms with Crippen molar-refractivity contribution in [3.8, 4) is 0 Å². The monoisotopic (exact) mass is 439 g/mol. The van der Waals surface area contributed by atoms with Crippen molar-refractivity contribution in [3.63, 3.8) is 0 Å². The molecule has 0 spiro atoms. The van der Waals surface area contributed by atoms with Crippen molar-refractivity contribution in [2.24, 2.45) is 17.8 Å². The third kappa shape index (κ3) is 3.51. The lowest BCUT2D eigenvalue weighted by Gasteiger charge is -2.31. The number of pyridine rings is 1. The van der Waals surface area contributed by atoms with Crippen LogP contribution in [0, 0.1) is 17.8 Å². The van der Waals surface area contributed by atoms with E-state index in [2.05, 4.69) is 11.4 Å². The largest absolute Gasteiger partial charge is 0.396 e. The summed E-state index contributed by atoms with van der Waals surface area (Å²) in [5.74, 6) is -0.340. The number of amides is 2. The molecular weight excluding hydrogens is 406 g/mol. The Kier molecular flexibility index (Phi) is 5.70.